The fourth-order valence-electron chi connectivity index (χ4n) is 2.52. The topological polar surface area (TPSA) is 37.8 Å². The number of aromatic nitrogens is 2. The summed E-state index contributed by atoms with van der Waals surface area (Å²) in [5.74, 6) is 0. The maximum absolute atomic E-state index is 4.81. The first-order chi connectivity index (χ1) is 9.42. The Morgan fingerprint density at radius 3 is 3.05 bits per heavy atom. The third-order valence-corrected chi connectivity index (χ3v) is 4.60. The zero-order valence-corrected chi connectivity index (χ0v) is 11.2. The Hall–Kier alpha value is -1.78. The van der Waals surface area contributed by atoms with E-state index in [4.69, 9.17) is 4.98 Å². The van der Waals surface area contributed by atoms with Gasteiger partial charge in [0.05, 0.1) is 11.2 Å². The summed E-state index contributed by atoms with van der Waals surface area (Å²) in [5.41, 5.74) is 3.45. The van der Waals surface area contributed by atoms with Crippen molar-refractivity contribution in [1.29, 1.82) is 0 Å². The van der Waals surface area contributed by atoms with Gasteiger partial charge < -0.3 is 5.32 Å². The normalized spacial score (nSPS) is 14.5. The van der Waals surface area contributed by atoms with Gasteiger partial charge in [0, 0.05) is 41.5 Å². The number of thiazole rings is 1. The number of hydrogen-bond acceptors (Lipinski definition) is 4. The molecule has 0 radical (unpaired) electrons. The average Bonchev–Trinajstić information content (AvgIpc) is 2.90. The predicted molar refractivity (Wildman–Crippen MR) is 78.3 cm³/mol. The molecule has 19 heavy (non-hydrogen) atoms. The quantitative estimate of drug-likeness (QED) is 0.736. The van der Waals surface area contributed by atoms with E-state index in [2.05, 4.69) is 34.6 Å². The van der Waals surface area contributed by atoms with Crippen molar-refractivity contribution in [2.45, 2.75) is 13.0 Å². The maximum atomic E-state index is 4.81. The van der Waals surface area contributed by atoms with Gasteiger partial charge in [0.25, 0.3) is 0 Å². The van der Waals surface area contributed by atoms with E-state index >= 15 is 0 Å². The zero-order chi connectivity index (χ0) is 12.7. The summed E-state index contributed by atoms with van der Waals surface area (Å²) < 4.78 is 0. The molecule has 4 heteroatoms. The molecule has 94 valence electrons. The summed E-state index contributed by atoms with van der Waals surface area (Å²) in [6, 6.07) is 10.4. The fourth-order valence-corrected chi connectivity index (χ4v) is 3.62. The summed E-state index contributed by atoms with van der Waals surface area (Å²) >= 11 is 1.79. The number of nitrogens with one attached hydrogen (secondary N) is 1. The third-order valence-electron chi connectivity index (χ3n) is 3.47. The van der Waals surface area contributed by atoms with Crippen molar-refractivity contribution in [2.24, 2.45) is 0 Å². The predicted octanol–water partition coefficient (Wildman–Crippen LogP) is 3.00. The number of benzene rings is 1. The summed E-state index contributed by atoms with van der Waals surface area (Å²) in [7, 11) is 0. The fraction of sp³-hybridized carbons (Fsp3) is 0.200. The average molecular weight is 267 g/mol. The first-order valence-corrected chi connectivity index (χ1v) is 7.27. The summed E-state index contributed by atoms with van der Waals surface area (Å²) in [5, 5.41) is 5.67. The minimum atomic E-state index is 0.950. The minimum Gasteiger partial charge on any atom is -0.311 e. The molecule has 0 unspecified atom stereocenters. The molecular weight excluding hydrogens is 254 g/mol. The molecule has 0 fully saturated rings. The second-order valence-electron chi connectivity index (χ2n) is 4.70. The molecule has 0 amide bonds. The van der Waals surface area contributed by atoms with Gasteiger partial charge in [-0.1, -0.05) is 18.2 Å². The second-order valence-corrected chi connectivity index (χ2v) is 5.78. The molecule has 0 aliphatic carbocycles. The number of hydrogen-bond donors (Lipinski definition) is 1. The monoisotopic (exact) mass is 267 g/mol. The molecule has 4 rings (SSSR count). The molecule has 1 aromatic carbocycles. The van der Waals surface area contributed by atoms with Crippen molar-refractivity contribution in [3.63, 3.8) is 0 Å². The standard InChI is InChI=1S/C15H13N3S/c1-3-10-4-2-7-17-14(10)11(5-1)15-18-12-6-8-16-9-13(12)19-15/h1-5,7,16H,6,8-9H2. The largest absolute Gasteiger partial charge is 0.311 e. The highest BCUT2D eigenvalue weighted by Gasteiger charge is 2.16. The first kappa shape index (κ1) is 11.1. The Labute approximate surface area is 115 Å². The summed E-state index contributed by atoms with van der Waals surface area (Å²) in [6.45, 7) is 1.98. The summed E-state index contributed by atoms with van der Waals surface area (Å²) in [6.07, 6.45) is 2.88. The lowest BCUT2D eigenvalue weighted by atomic mass is 10.1. The van der Waals surface area contributed by atoms with E-state index in [-0.39, 0.29) is 0 Å². The van der Waals surface area contributed by atoms with Crippen LogP contribution in [0.1, 0.15) is 10.6 Å². The molecule has 3 heterocycles. The number of rotatable bonds is 1. The molecule has 0 bridgehead atoms. The maximum Gasteiger partial charge on any atom is 0.126 e. The molecule has 1 N–H and O–H groups in total. The molecule has 1 aliphatic rings. The van der Waals surface area contributed by atoms with E-state index in [1.165, 1.54) is 16.0 Å². The second kappa shape index (κ2) is 4.40. The minimum absolute atomic E-state index is 0.950. The van der Waals surface area contributed by atoms with E-state index in [0.717, 1.165) is 35.6 Å². The molecule has 3 nitrogen and oxygen atoms in total. The van der Waals surface area contributed by atoms with E-state index in [9.17, 15) is 0 Å². The van der Waals surface area contributed by atoms with Crippen LogP contribution in [0, 0.1) is 0 Å². The van der Waals surface area contributed by atoms with Gasteiger partial charge in [-0.15, -0.1) is 11.3 Å². The number of fused-ring (bicyclic) bond motifs is 2. The molecule has 0 atom stereocenters. The Morgan fingerprint density at radius 2 is 2.11 bits per heavy atom. The Kier molecular flexibility index (Phi) is 2.57. The summed E-state index contributed by atoms with van der Waals surface area (Å²) in [4.78, 5) is 10.7. The molecular formula is C15H13N3S. The van der Waals surface area contributed by atoms with Crippen LogP contribution in [0.5, 0.6) is 0 Å². The van der Waals surface area contributed by atoms with Crippen LogP contribution in [-0.4, -0.2) is 16.5 Å². The zero-order valence-electron chi connectivity index (χ0n) is 10.4. The van der Waals surface area contributed by atoms with Crippen LogP contribution < -0.4 is 5.32 Å². The van der Waals surface area contributed by atoms with Crippen LogP contribution in [0.15, 0.2) is 36.5 Å². The molecule has 1 aliphatic heterocycles. The van der Waals surface area contributed by atoms with Crippen LogP contribution in [0.2, 0.25) is 0 Å². The van der Waals surface area contributed by atoms with E-state index < -0.39 is 0 Å². The van der Waals surface area contributed by atoms with Crippen molar-refractivity contribution in [1.82, 2.24) is 15.3 Å². The van der Waals surface area contributed by atoms with Gasteiger partial charge in [-0.05, 0) is 12.1 Å². The Bertz CT molecular complexity index is 719. The Balaban J connectivity index is 1.92. The van der Waals surface area contributed by atoms with Crippen LogP contribution in [0.25, 0.3) is 21.5 Å². The third kappa shape index (κ3) is 1.84. The number of pyridine rings is 1. The van der Waals surface area contributed by atoms with Gasteiger partial charge in [-0.2, -0.15) is 0 Å². The molecule has 0 saturated heterocycles. The molecule has 3 aromatic rings. The lowest BCUT2D eigenvalue weighted by Crippen LogP contribution is -2.22. The van der Waals surface area contributed by atoms with Crippen molar-refractivity contribution in [3.8, 4) is 10.6 Å². The van der Waals surface area contributed by atoms with Crippen LogP contribution in [-0.2, 0) is 13.0 Å². The van der Waals surface area contributed by atoms with Gasteiger partial charge >= 0.3 is 0 Å². The molecule has 0 saturated carbocycles. The number of nitrogens with zero attached hydrogens (tertiary/aromatic N) is 2. The smallest absolute Gasteiger partial charge is 0.126 e. The highest BCUT2D eigenvalue weighted by Crippen LogP contribution is 2.33. The van der Waals surface area contributed by atoms with E-state index in [1.54, 1.807) is 11.3 Å². The lowest BCUT2D eigenvalue weighted by molar-refractivity contribution is 0.644. The highest BCUT2D eigenvalue weighted by atomic mass is 32.1. The number of para-hydroxylation sites is 1. The van der Waals surface area contributed by atoms with Gasteiger partial charge in [-0.25, -0.2) is 4.98 Å². The van der Waals surface area contributed by atoms with Gasteiger partial charge in [0.1, 0.15) is 5.01 Å². The lowest BCUT2D eigenvalue weighted by Gasteiger charge is -2.09. The van der Waals surface area contributed by atoms with E-state index in [1.807, 2.05) is 12.3 Å². The van der Waals surface area contributed by atoms with Crippen molar-refractivity contribution in [2.75, 3.05) is 6.54 Å². The van der Waals surface area contributed by atoms with E-state index in [0.29, 0.717) is 0 Å². The van der Waals surface area contributed by atoms with Gasteiger partial charge in [0.15, 0.2) is 0 Å². The Morgan fingerprint density at radius 1 is 1.16 bits per heavy atom. The molecule has 2 aromatic heterocycles. The van der Waals surface area contributed by atoms with Crippen molar-refractivity contribution in [3.05, 3.63) is 47.1 Å². The van der Waals surface area contributed by atoms with Gasteiger partial charge in [0.2, 0.25) is 0 Å². The van der Waals surface area contributed by atoms with Gasteiger partial charge in [-0.3, -0.25) is 4.98 Å². The van der Waals surface area contributed by atoms with Crippen LogP contribution in [0.4, 0.5) is 0 Å². The SMILES string of the molecule is c1cnc2c(-c3nc4c(s3)CNCC4)cccc2c1. The van der Waals surface area contributed by atoms with Crippen molar-refractivity contribution < 1.29 is 0 Å². The first-order valence-electron chi connectivity index (χ1n) is 6.45. The molecule has 0 spiro atoms. The van der Waals surface area contributed by atoms with Crippen LogP contribution in [0.3, 0.4) is 0 Å². The highest BCUT2D eigenvalue weighted by molar-refractivity contribution is 7.15. The van der Waals surface area contributed by atoms with Crippen molar-refractivity contribution >= 4 is 22.2 Å². The van der Waals surface area contributed by atoms with Crippen LogP contribution >= 0.6 is 11.3 Å².